The van der Waals surface area contributed by atoms with E-state index in [4.69, 9.17) is 9.57 Å². The largest absolute Gasteiger partial charge is 0.465 e. The Morgan fingerprint density at radius 1 is 1.33 bits per heavy atom. The summed E-state index contributed by atoms with van der Waals surface area (Å²) in [7, 11) is 2.72. The number of ether oxygens (including phenoxy) is 1. The average Bonchev–Trinajstić information content (AvgIpc) is 3.19. The molecule has 2 heterocycles. The summed E-state index contributed by atoms with van der Waals surface area (Å²) >= 11 is 0. The van der Waals surface area contributed by atoms with Gasteiger partial charge < -0.3 is 9.57 Å². The molecule has 0 aliphatic carbocycles. The minimum absolute atomic E-state index is 0.230. The second-order valence-corrected chi connectivity index (χ2v) is 6.59. The highest BCUT2D eigenvalue weighted by Crippen LogP contribution is 2.38. The number of aromatic nitrogens is 2. The van der Waals surface area contributed by atoms with Gasteiger partial charge in [-0.3, -0.25) is 4.68 Å². The summed E-state index contributed by atoms with van der Waals surface area (Å²) in [6.07, 6.45) is -4.31. The fourth-order valence-corrected chi connectivity index (χ4v) is 3.06. The lowest BCUT2D eigenvalue weighted by atomic mass is 9.91. The van der Waals surface area contributed by atoms with Crippen LogP contribution in [0.3, 0.4) is 0 Å². The van der Waals surface area contributed by atoms with Crippen LogP contribution in [0.1, 0.15) is 46.2 Å². The number of methoxy groups -OCH3 is 1. The Balaban J connectivity index is 1.90. The zero-order chi connectivity index (χ0) is 20.0. The highest BCUT2D eigenvalue weighted by atomic mass is 19.4. The summed E-state index contributed by atoms with van der Waals surface area (Å²) in [4.78, 5) is 17.4. The molecule has 27 heavy (non-hydrogen) atoms. The molecular weight excluding hydrogens is 363 g/mol. The van der Waals surface area contributed by atoms with Crippen molar-refractivity contribution < 1.29 is 27.5 Å². The van der Waals surface area contributed by atoms with Crippen LogP contribution >= 0.6 is 0 Å². The molecule has 1 aliphatic heterocycles. The molecule has 6 nitrogen and oxygen atoms in total. The predicted octanol–water partition coefficient (Wildman–Crippen LogP) is 3.57. The maximum atomic E-state index is 12.9. The Hall–Kier alpha value is -2.84. The maximum absolute atomic E-state index is 12.9. The fraction of sp³-hybridized carbons (Fsp3) is 0.389. The van der Waals surface area contributed by atoms with Crippen molar-refractivity contribution in [2.24, 2.45) is 12.2 Å². The third-order valence-electron chi connectivity index (χ3n) is 4.55. The Morgan fingerprint density at radius 3 is 2.63 bits per heavy atom. The van der Waals surface area contributed by atoms with E-state index < -0.39 is 23.4 Å². The molecule has 1 aliphatic rings. The highest BCUT2D eigenvalue weighted by molar-refractivity contribution is 6.03. The van der Waals surface area contributed by atoms with Gasteiger partial charge in [0.15, 0.2) is 11.3 Å². The molecule has 1 atom stereocenters. The monoisotopic (exact) mass is 381 g/mol. The summed E-state index contributed by atoms with van der Waals surface area (Å²) in [6.45, 7) is 3.43. The molecule has 0 saturated heterocycles. The van der Waals surface area contributed by atoms with Gasteiger partial charge in [0.2, 0.25) is 0 Å². The number of nitrogens with zero attached hydrogens (tertiary/aromatic N) is 3. The van der Waals surface area contributed by atoms with Crippen molar-refractivity contribution in [2.45, 2.75) is 32.0 Å². The SMILES string of the molecule is COC(=O)c1cc(C2=NOC(C)(c3cc(C(F)(F)F)nn3C)C2)ccc1C. The zero-order valence-electron chi connectivity index (χ0n) is 15.2. The summed E-state index contributed by atoms with van der Waals surface area (Å²) in [5.74, 6) is -0.474. The molecule has 9 heteroatoms. The molecule has 0 N–H and O–H groups in total. The fourth-order valence-electron chi connectivity index (χ4n) is 3.06. The summed E-state index contributed by atoms with van der Waals surface area (Å²) in [6, 6.07) is 6.14. The maximum Gasteiger partial charge on any atom is 0.435 e. The van der Waals surface area contributed by atoms with Gasteiger partial charge >= 0.3 is 12.1 Å². The average molecular weight is 381 g/mol. The van der Waals surface area contributed by atoms with E-state index in [9.17, 15) is 18.0 Å². The third-order valence-corrected chi connectivity index (χ3v) is 4.55. The Morgan fingerprint density at radius 2 is 2.04 bits per heavy atom. The molecule has 1 aromatic heterocycles. The number of esters is 1. The first-order chi connectivity index (χ1) is 12.5. The minimum Gasteiger partial charge on any atom is -0.465 e. The summed E-state index contributed by atoms with van der Waals surface area (Å²) < 4.78 is 44.7. The van der Waals surface area contributed by atoms with Crippen molar-refractivity contribution in [3.8, 4) is 0 Å². The number of benzene rings is 1. The molecule has 0 amide bonds. The van der Waals surface area contributed by atoms with E-state index in [1.807, 2.05) is 0 Å². The van der Waals surface area contributed by atoms with Crippen LogP contribution in [0.5, 0.6) is 0 Å². The van der Waals surface area contributed by atoms with Crippen molar-refractivity contribution in [1.82, 2.24) is 9.78 Å². The molecule has 2 aromatic rings. The molecule has 3 rings (SSSR count). The lowest BCUT2D eigenvalue weighted by Crippen LogP contribution is -2.25. The number of carbonyl (C=O) groups is 1. The normalized spacial score (nSPS) is 19.6. The quantitative estimate of drug-likeness (QED) is 0.763. The van der Waals surface area contributed by atoms with Gasteiger partial charge in [-0.05, 0) is 31.5 Å². The first-order valence-electron chi connectivity index (χ1n) is 8.11. The molecule has 0 fully saturated rings. The first-order valence-corrected chi connectivity index (χ1v) is 8.11. The first kappa shape index (κ1) is 18.9. The number of halogens is 3. The van der Waals surface area contributed by atoms with Crippen molar-refractivity contribution in [3.63, 3.8) is 0 Å². The molecular formula is C18H18F3N3O3. The highest BCUT2D eigenvalue weighted by Gasteiger charge is 2.43. The summed E-state index contributed by atoms with van der Waals surface area (Å²) in [5, 5.41) is 7.58. The van der Waals surface area contributed by atoms with Crippen LogP contribution in [0.4, 0.5) is 13.2 Å². The van der Waals surface area contributed by atoms with Crippen LogP contribution in [-0.2, 0) is 28.4 Å². The number of oxime groups is 1. The molecule has 0 bridgehead atoms. The van der Waals surface area contributed by atoms with Crippen LogP contribution in [0, 0.1) is 6.92 Å². The second kappa shape index (κ2) is 6.40. The van der Waals surface area contributed by atoms with Crippen LogP contribution < -0.4 is 0 Å². The number of hydrogen-bond donors (Lipinski definition) is 0. The van der Waals surface area contributed by atoms with E-state index in [1.54, 1.807) is 32.0 Å². The Labute approximate surface area is 153 Å². The van der Waals surface area contributed by atoms with Gasteiger partial charge in [0, 0.05) is 19.0 Å². The zero-order valence-corrected chi connectivity index (χ0v) is 15.2. The van der Waals surface area contributed by atoms with Crippen molar-refractivity contribution in [2.75, 3.05) is 7.11 Å². The summed E-state index contributed by atoms with van der Waals surface area (Å²) in [5.41, 5.74) is 0.480. The van der Waals surface area contributed by atoms with Gasteiger partial charge in [-0.15, -0.1) is 0 Å². The van der Waals surface area contributed by atoms with Crippen LogP contribution in [0.2, 0.25) is 0 Å². The van der Waals surface area contributed by atoms with E-state index in [0.717, 1.165) is 16.3 Å². The topological polar surface area (TPSA) is 65.7 Å². The Bertz CT molecular complexity index is 934. The van der Waals surface area contributed by atoms with Gasteiger partial charge in [-0.1, -0.05) is 17.3 Å². The van der Waals surface area contributed by atoms with E-state index in [1.165, 1.54) is 14.2 Å². The predicted molar refractivity (Wildman–Crippen MR) is 90.3 cm³/mol. The number of carbonyl (C=O) groups excluding carboxylic acids is 1. The molecule has 1 unspecified atom stereocenters. The standard InChI is InChI=1S/C18H18F3N3O3/c1-10-5-6-11(7-12(10)16(25)26-4)13-9-17(2,27-23-13)15-8-14(18(19,20)21)22-24(15)3/h5-8H,9H2,1-4H3. The second-order valence-electron chi connectivity index (χ2n) is 6.59. The molecule has 0 saturated carbocycles. The van der Waals surface area contributed by atoms with Gasteiger partial charge in [-0.2, -0.15) is 18.3 Å². The van der Waals surface area contributed by atoms with Gasteiger partial charge in [0.1, 0.15) is 0 Å². The number of aryl methyl sites for hydroxylation is 2. The smallest absolute Gasteiger partial charge is 0.435 e. The van der Waals surface area contributed by atoms with Crippen molar-refractivity contribution >= 4 is 11.7 Å². The van der Waals surface area contributed by atoms with E-state index >= 15 is 0 Å². The number of alkyl halides is 3. The van der Waals surface area contributed by atoms with Crippen molar-refractivity contribution in [3.05, 3.63) is 52.3 Å². The molecule has 1 aromatic carbocycles. The number of hydrogen-bond acceptors (Lipinski definition) is 5. The van der Waals surface area contributed by atoms with E-state index in [2.05, 4.69) is 10.3 Å². The van der Waals surface area contributed by atoms with Crippen LogP contribution in [0.25, 0.3) is 0 Å². The van der Waals surface area contributed by atoms with Crippen molar-refractivity contribution in [1.29, 1.82) is 0 Å². The lowest BCUT2D eigenvalue weighted by Gasteiger charge is -2.21. The van der Waals surface area contributed by atoms with Gasteiger partial charge in [-0.25, -0.2) is 4.79 Å². The van der Waals surface area contributed by atoms with E-state index in [0.29, 0.717) is 16.8 Å². The van der Waals surface area contributed by atoms with E-state index in [-0.39, 0.29) is 12.1 Å². The molecule has 144 valence electrons. The van der Waals surface area contributed by atoms with Gasteiger partial charge in [0.25, 0.3) is 0 Å². The van der Waals surface area contributed by atoms with Crippen LogP contribution in [-0.4, -0.2) is 28.6 Å². The van der Waals surface area contributed by atoms with Gasteiger partial charge in [0.05, 0.1) is 24.1 Å². The lowest BCUT2D eigenvalue weighted by molar-refractivity contribution is -0.141. The molecule has 0 radical (unpaired) electrons. The Kier molecular flexibility index (Phi) is 4.49. The van der Waals surface area contributed by atoms with Crippen LogP contribution in [0.15, 0.2) is 29.4 Å². The number of rotatable bonds is 3. The molecule has 0 spiro atoms. The minimum atomic E-state index is -4.54. The third kappa shape index (κ3) is 3.41.